The molecule has 210 valence electrons. The molecule has 2 aromatic carbocycles. The van der Waals surface area contributed by atoms with Gasteiger partial charge in [-0.3, -0.25) is 9.69 Å². The van der Waals surface area contributed by atoms with Crippen LogP contribution in [-0.4, -0.2) is 62.0 Å². The first-order valence-corrected chi connectivity index (χ1v) is 12.5. The lowest BCUT2D eigenvalue weighted by atomic mass is 10.1. The number of nitrogens with two attached hydrogens (primary N) is 1. The van der Waals surface area contributed by atoms with Gasteiger partial charge in [-0.1, -0.05) is 37.3 Å². The van der Waals surface area contributed by atoms with Crippen LogP contribution >= 0.6 is 0 Å². The molecule has 4 rings (SSSR count). The molecule has 0 aliphatic heterocycles. The highest BCUT2D eigenvalue weighted by molar-refractivity contribution is 6.01. The van der Waals surface area contributed by atoms with Gasteiger partial charge in [-0.25, -0.2) is 14.4 Å². The molecule has 14 heteroatoms. The number of nitrogen functional groups attached to an aromatic ring is 1. The molecule has 0 aliphatic rings. The molecule has 3 N–H and O–H groups in total. The highest BCUT2D eigenvalue weighted by atomic mass is 19.1. The first kappa shape index (κ1) is 28.2. The summed E-state index contributed by atoms with van der Waals surface area (Å²) in [6.07, 6.45) is 0. The van der Waals surface area contributed by atoms with Crippen molar-refractivity contribution in [2.75, 3.05) is 25.9 Å². The van der Waals surface area contributed by atoms with E-state index in [-0.39, 0.29) is 29.8 Å². The molecule has 0 saturated carbocycles. The van der Waals surface area contributed by atoms with Crippen LogP contribution in [0.2, 0.25) is 0 Å². The van der Waals surface area contributed by atoms with Crippen LogP contribution in [0.15, 0.2) is 52.2 Å². The molecule has 0 atom stereocenters. The third-order valence-electron chi connectivity index (χ3n) is 6.17. The third kappa shape index (κ3) is 6.23. The number of halogens is 1. The molecule has 0 aliphatic carbocycles. The smallest absolute Gasteiger partial charge is 0.292 e. The van der Waals surface area contributed by atoms with Crippen LogP contribution in [-0.2, 0) is 13.2 Å². The predicted octanol–water partition coefficient (Wildman–Crippen LogP) is 2.96. The van der Waals surface area contributed by atoms with Gasteiger partial charge in [0.2, 0.25) is 11.6 Å². The number of aromatic nitrogens is 5. The molecular formula is C26H30FN9O4. The van der Waals surface area contributed by atoms with E-state index in [0.717, 1.165) is 13.1 Å². The lowest BCUT2D eigenvalue weighted by molar-refractivity contribution is 0.0944. The Hall–Kier alpha value is -4.85. The Kier molecular flexibility index (Phi) is 9.01. The van der Waals surface area contributed by atoms with Crippen LogP contribution < -0.4 is 20.6 Å². The normalized spacial score (nSPS) is 11.6. The summed E-state index contributed by atoms with van der Waals surface area (Å²) in [5.74, 6) is -0.0761. The molecule has 13 nitrogen and oxygen atoms in total. The van der Waals surface area contributed by atoms with E-state index in [4.69, 9.17) is 15.2 Å². The lowest BCUT2D eigenvalue weighted by Crippen LogP contribution is -2.27. The third-order valence-corrected chi connectivity index (χ3v) is 6.17. The fourth-order valence-electron chi connectivity index (χ4n) is 3.83. The zero-order valence-corrected chi connectivity index (χ0v) is 22.6. The second-order valence-electron chi connectivity index (χ2n) is 8.61. The molecule has 0 unspecified atom stereocenters. The Morgan fingerprint density at radius 2 is 1.95 bits per heavy atom. The molecule has 4 aromatic rings. The van der Waals surface area contributed by atoms with Crippen molar-refractivity contribution in [3.05, 3.63) is 70.8 Å². The Labute approximate surface area is 229 Å². The Bertz CT molecular complexity index is 1500. The zero-order chi connectivity index (χ0) is 28.6. The van der Waals surface area contributed by atoms with Gasteiger partial charge in [0.05, 0.1) is 12.8 Å². The number of rotatable bonds is 12. The van der Waals surface area contributed by atoms with Crippen LogP contribution in [0.25, 0.3) is 5.82 Å². The minimum atomic E-state index is -0.578. The first-order chi connectivity index (χ1) is 19.4. The number of nitrogens with one attached hydrogen (secondary N) is 1. The Morgan fingerprint density at radius 3 is 2.62 bits per heavy atom. The van der Waals surface area contributed by atoms with Crippen LogP contribution in [0, 0.1) is 5.82 Å². The van der Waals surface area contributed by atoms with Gasteiger partial charge in [0.15, 0.2) is 17.2 Å². The van der Waals surface area contributed by atoms with E-state index < -0.39 is 5.91 Å². The number of ether oxygens (including phenoxy) is 2. The molecule has 0 spiro atoms. The predicted molar refractivity (Wildman–Crippen MR) is 144 cm³/mol. The highest BCUT2D eigenvalue weighted by Crippen LogP contribution is 2.29. The number of hydrazone groups is 1. The van der Waals surface area contributed by atoms with Crippen LogP contribution in [0.4, 0.5) is 10.2 Å². The molecule has 0 saturated heterocycles. The van der Waals surface area contributed by atoms with Crippen molar-refractivity contribution in [1.29, 1.82) is 0 Å². The summed E-state index contributed by atoms with van der Waals surface area (Å²) in [7, 11) is 1.50. The van der Waals surface area contributed by atoms with Crippen LogP contribution in [0.3, 0.4) is 0 Å². The van der Waals surface area contributed by atoms with Gasteiger partial charge < -0.3 is 15.2 Å². The quantitative estimate of drug-likeness (QED) is 0.198. The minimum absolute atomic E-state index is 0.0363. The molecule has 0 radical (unpaired) electrons. The van der Waals surface area contributed by atoms with E-state index in [1.54, 1.807) is 43.3 Å². The number of carbonyl (C=O) groups excluding carboxylic acids is 1. The maximum absolute atomic E-state index is 14.0. The molecule has 0 fully saturated rings. The highest BCUT2D eigenvalue weighted by Gasteiger charge is 2.26. The summed E-state index contributed by atoms with van der Waals surface area (Å²) in [5, 5.41) is 19.8. The summed E-state index contributed by atoms with van der Waals surface area (Å²) in [4.78, 5) is 15.4. The van der Waals surface area contributed by atoms with E-state index in [1.807, 2.05) is 13.8 Å². The second-order valence-corrected chi connectivity index (χ2v) is 8.61. The average Bonchev–Trinajstić information content (AvgIpc) is 3.59. The van der Waals surface area contributed by atoms with Crippen molar-refractivity contribution < 1.29 is 23.3 Å². The standard InChI is InChI=1S/C26H30FN9O4/c1-5-35(6-2)14-20-23(36(34-30-20)25-24(28)32-40-33-25)26(37)31-29-16(3)17-11-12-21(22(13-17)38-4)39-15-18-9-7-8-10-19(18)27/h7-13H,5-6,14-15H2,1-4H3,(H2,28,32)(H,31,37). The van der Waals surface area contributed by atoms with Gasteiger partial charge in [-0.05, 0) is 54.6 Å². The van der Waals surface area contributed by atoms with Gasteiger partial charge >= 0.3 is 0 Å². The lowest BCUT2D eigenvalue weighted by Gasteiger charge is -2.16. The van der Waals surface area contributed by atoms with Crippen molar-refractivity contribution in [3.8, 4) is 17.3 Å². The number of carbonyl (C=O) groups is 1. The molecule has 40 heavy (non-hydrogen) atoms. The molecule has 0 bridgehead atoms. The number of benzene rings is 2. The van der Waals surface area contributed by atoms with Gasteiger partial charge in [0.25, 0.3) is 5.91 Å². The summed E-state index contributed by atoms with van der Waals surface area (Å²) in [6.45, 7) is 7.63. The summed E-state index contributed by atoms with van der Waals surface area (Å²) in [6, 6.07) is 11.5. The number of hydrogen-bond acceptors (Lipinski definition) is 11. The average molecular weight is 552 g/mol. The topological polar surface area (TPSA) is 159 Å². The SMILES string of the molecule is CCN(CC)Cc1nnn(-c2nonc2N)c1C(=O)NN=C(C)c1ccc(OCc2ccccc2F)c(OC)c1. The molecule has 1 amide bonds. The van der Waals surface area contributed by atoms with Crippen molar-refractivity contribution in [3.63, 3.8) is 0 Å². The van der Waals surface area contributed by atoms with E-state index >= 15 is 0 Å². The largest absolute Gasteiger partial charge is 0.493 e. The summed E-state index contributed by atoms with van der Waals surface area (Å²) >= 11 is 0. The van der Waals surface area contributed by atoms with Crippen molar-refractivity contribution in [2.24, 2.45) is 5.10 Å². The number of nitrogens with zero attached hydrogens (tertiary/aromatic N) is 7. The van der Waals surface area contributed by atoms with E-state index in [9.17, 15) is 9.18 Å². The first-order valence-electron chi connectivity index (χ1n) is 12.5. The molecular weight excluding hydrogens is 521 g/mol. The monoisotopic (exact) mass is 551 g/mol. The second kappa shape index (κ2) is 12.8. The maximum Gasteiger partial charge on any atom is 0.292 e. The minimum Gasteiger partial charge on any atom is -0.493 e. The van der Waals surface area contributed by atoms with E-state index in [0.29, 0.717) is 40.6 Å². The fraction of sp³-hybridized carbons (Fsp3) is 0.308. The van der Waals surface area contributed by atoms with E-state index in [1.165, 1.54) is 17.9 Å². The van der Waals surface area contributed by atoms with E-state index in [2.05, 4.69) is 40.7 Å². The van der Waals surface area contributed by atoms with Gasteiger partial charge in [-0.2, -0.15) is 9.78 Å². The number of amides is 1. The van der Waals surface area contributed by atoms with Gasteiger partial charge in [-0.15, -0.1) is 5.10 Å². The summed E-state index contributed by atoms with van der Waals surface area (Å²) in [5.41, 5.74) is 10.5. The van der Waals surface area contributed by atoms with Crippen LogP contribution in [0.1, 0.15) is 48.1 Å². The van der Waals surface area contributed by atoms with Crippen molar-refractivity contribution in [1.82, 2.24) is 35.6 Å². The summed E-state index contributed by atoms with van der Waals surface area (Å²) < 4.78 is 31.0. The molecule has 2 aromatic heterocycles. The maximum atomic E-state index is 14.0. The van der Waals surface area contributed by atoms with Crippen LogP contribution in [0.5, 0.6) is 11.5 Å². The Morgan fingerprint density at radius 1 is 1.18 bits per heavy atom. The number of anilines is 1. The zero-order valence-electron chi connectivity index (χ0n) is 22.6. The van der Waals surface area contributed by atoms with Gasteiger partial charge in [0.1, 0.15) is 18.1 Å². The Balaban J connectivity index is 1.54. The molecule has 2 heterocycles. The van der Waals surface area contributed by atoms with Crippen molar-refractivity contribution >= 4 is 17.4 Å². The van der Waals surface area contributed by atoms with Crippen molar-refractivity contribution in [2.45, 2.75) is 33.9 Å². The number of methoxy groups -OCH3 is 1. The van der Waals surface area contributed by atoms with Gasteiger partial charge in [0, 0.05) is 17.7 Å². The number of hydrogen-bond donors (Lipinski definition) is 2. The fourth-order valence-corrected chi connectivity index (χ4v) is 3.83.